The summed E-state index contributed by atoms with van der Waals surface area (Å²) in [4.78, 5) is 13.0. The Balaban J connectivity index is 2.28. The zero-order valence-corrected chi connectivity index (χ0v) is 9.49. The van der Waals surface area contributed by atoms with Gasteiger partial charge in [0.1, 0.15) is 0 Å². The van der Waals surface area contributed by atoms with Gasteiger partial charge in [0.2, 0.25) is 0 Å². The Morgan fingerprint density at radius 3 is 2.87 bits per heavy atom. The second-order valence-corrected chi connectivity index (χ2v) is 4.04. The Kier molecular flexibility index (Phi) is 4.78. The molecule has 0 aromatic heterocycles. The van der Waals surface area contributed by atoms with Gasteiger partial charge in [-0.2, -0.15) is 0 Å². The average Bonchev–Trinajstić information content (AvgIpc) is 2.58. The summed E-state index contributed by atoms with van der Waals surface area (Å²) < 4.78 is 0. The van der Waals surface area contributed by atoms with Crippen LogP contribution >= 0.6 is 0 Å². The molecule has 0 bridgehead atoms. The molecule has 0 aliphatic carbocycles. The van der Waals surface area contributed by atoms with Crippen LogP contribution in [0.15, 0.2) is 11.6 Å². The van der Waals surface area contributed by atoms with Crippen molar-refractivity contribution in [2.75, 3.05) is 26.7 Å². The van der Waals surface area contributed by atoms with Gasteiger partial charge in [-0.3, -0.25) is 0 Å². The number of aliphatic carboxylic acids is 1. The smallest absolute Gasteiger partial charge is 0.331 e. The van der Waals surface area contributed by atoms with Gasteiger partial charge in [-0.15, -0.1) is 0 Å². The molecule has 4 nitrogen and oxygen atoms in total. The highest BCUT2D eigenvalue weighted by Crippen LogP contribution is 2.06. The van der Waals surface area contributed by atoms with Crippen molar-refractivity contribution >= 4 is 5.97 Å². The molecule has 1 rings (SSSR count). The fourth-order valence-corrected chi connectivity index (χ4v) is 1.83. The van der Waals surface area contributed by atoms with Crippen LogP contribution < -0.4 is 5.32 Å². The Labute approximate surface area is 91.0 Å². The standard InChI is InChI=1S/C11H20N2O2/c1-3-9(11(14)15)4-6-12-10-5-7-13(2)8-10/h4,10,12H,3,5-8H2,1-2H3,(H,14,15). The number of carbonyl (C=O) groups is 1. The van der Waals surface area contributed by atoms with Crippen LogP contribution in [0.2, 0.25) is 0 Å². The molecule has 1 atom stereocenters. The minimum Gasteiger partial charge on any atom is -0.478 e. The van der Waals surface area contributed by atoms with E-state index in [1.807, 2.05) is 6.92 Å². The predicted molar refractivity (Wildman–Crippen MR) is 59.9 cm³/mol. The first-order valence-electron chi connectivity index (χ1n) is 5.47. The normalized spacial score (nSPS) is 23.3. The molecule has 1 unspecified atom stereocenters. The van der Waals surface area contributed by atoms with Gasteiger partial charge in [0, 0.05) is 24.7 Å². The van der Waals surface area contributed by atoms with E-state index in [0.717, 1.165) is 19.5 Å². The van der Waals surface area contributed by atoms with Crippen LogP contribution in [0, 0.1) is 0 Å². The maximum Gasteiger partial charge on any atom is 0.331 e. The average molecular weight is 212 g/mol. The van der Waals surface area contributed by atoms with Crippen molar-refractivity contribution in [3.63, 3.8) is 0 Å². The molecule has 0 radical (unpaired) electrons. The largest absolute Gasteiger partial charge is 0.478 e. The van der Waals surface area contributed by atoms with Gasteiger partial charge in [-0.05, 0) is 26.4 Å². The molecule has 0 spiro atoms. The molecule has 0 saturated carbocycles. The molecule has 1 fully saturated rings. The lowest BCUT2D eigenvalue weighted by atomic mass is 10.2. The molecule has 0 aromatic rings. The first-order valence-corrected chi connectivity index (χ1v) is 5.47. The zero-order valence-electron chi connectivity index (χ0n) is 9.49. The SMILES string of the molecule is CCC(=CCNC1CCN(C)C1)C(=O)O. The Hall–Kier alpha value is -0.870. The fraction of sp³-hybridized carbons (Fsp3) is 0.727. The summed E-state index contributed by atoms with van der Waals surface area (Å²) in [6, 6.07) is 0.512. The summed E-state index contributed by atoms with van der Waals surface area (Å²) in [5, 5.41) is 12.2. The van der Waals surface area contributed by atoms with Crippen LogP contribution in [0.3, 0.4) is 0 Å². The summed E-state index contributed by atoms with van der Waals surface area (Å²) in [5.74, 6) is -0.803. The number of carboxylic acid groups (broad SMARTS) is 1. The molecular formula is C11H20N2O2. The number of nitrogens with zero attached hydrogens (tertiary/aromatic N) is 1. The second-order valence-electron chi connectivity index (χ2n) is 4.04. The molecule has 0 aromatic carbocycles. The van der Waals surface area contributed by atoms with E-state index in [2.05, 4.69) is 17.3 Å². The molecule has 15 heavy (non-hydrogen) atoms. The Morgan fingerprint density at radius 2 is 2.40 bits per heavy atom. The van der Waals surface area contributed by atoms with Crippen LogP contribution in [-0.2, 0) is 4.79 Å². The van der Waals surface area contributed by atoms with Crippen molar-refractivity contribution in [3.05, 3.63) is 11.6 Å². The lowest BCUT2D eigenvalue weighted by molar-refractivity contribution is -0.132. The van der Waals surface area contributed by atoms with E-state index < -0.39 is 5.97 Å². The zero-order chi connectivity index (χ0) is 11.3. The Morgan fingerprint density at radius 1 is 1.67 bits per heavy atom. The van der Waals surface area contributed by atoms with Crippen LogP contribution in [0.5, 0.6) is 0 Å². The highest BCUT2D eigenvalue weighted by molar-refractivity contribution is 5.86. The number of rotatable bonds is 5. The molecule has 4 heteroatoms. The van der Waals surface area contributed by atoms with E-state index in [1.165, 1.54) is 0 Å². The van der Waals surface area contributed by atoms with Gasteiger partial charge in [0.15, 0.2) is 0 Å². The lowest BCUT2D eigenvalue weighted by Crippen LogP contribution is -2.31. The van der Waals surface area contributed by atoms with Crippen molar-refractivity contribution in [1.82, 2.24) is 10.2 Å². The summed E-state index contributed by atoms with van der Waals surface area (Å²) >= 11 is 0. The van der Waals surface area contributed by atoms with Crippen molar-refractivity contribution in [2.24, 2.45) is 0 Å². The first kappa shape index (κ1) is 12.2. The first-order chi connectivity index (χ1) is 7.13. The third-order valence-electron chi connectivity index (χ3n) is 2.80. The van der Waals surface area contributed by atoms with Crippen molar-refractivity contribution in [1.29, 1.82) is 0 Å². The molecular weight excluding hydrogens is 192 g/mol. The third-order valence-corrected chi connectivity index (χ3v) is 2.80. The van der Waals surface area contributed by atoms with E-state index in [9.17, 15) is 4.79 Å². The summed E-state index contributed by atoms with van der Waals surface area (Å²) in [5.41, 5.74) is 0.494. The predicted octanol–water partition coefficient (Wildman–Crippen LogP) is 0.701. The van der Waals surface area contributed by atoms with Gasteiger partial charge in [-0.1, -0.05) is 13.0 Å². The highest BCUT2D eigenvalue weighted by Gasteiger charge is 2.17. The molecule has 86 valence electrons. The van der Waals surface area contributed by atoms with Crippen LogP contribution in [-0.4, -0.2) is 48.7 Å². The number of nitrogens with one attached hydrogen (secondary N) is 1. The number of hydrogen-bond acceptors (Lipinski definition) is 3. The number of likely N-dealkylation sites (N-methyl/N-ethyl adjacent to an activating group) is 1. The Bertz CT molecular complexity index is 251. The number of carboxylic acids is 1. The molecule has 1 saturated heterocycles. The van der Waals surface area contributed by atoms with Gasteiger partial charge >= 0.3 is 5.97 Å². The molecule has 1 aliphatic heterocycles. The van der Waals surface area contributed by atoms with Crippen molar-refractivity contribution in [2.45, 2.75) is 25.8 Å². The molecule has 1 aliphatic rings. The van der Waals surface area contributed by atoms with E-state index in [-0.39, 0.29) is 0 Å². The fourth-order valence-electron chi connectivity index (χ4n) is 1.83. The molecule has 0 amide bonds. The highest BCUT2D eigenvalue weighted by atomic mass is 16.4. The maximum atomic E-state index is 10.7. The topological polar surface area (TPSA) is 52.6 Å². The van der Waals surface area contributed by atoms with Crippen LogP contribution in [0.1, 0.15) is 19.8 Å². The van der Waals surface area contributed by atoms with Crippen molar-refractivity contribution < 1.29 is 9.90 Å². The minimum atomic E-state index is -0.803. The van der Waals surface area contributed by atoms with Crippen LogP contribution in [0.4, 0.5) is 0 Å². The van der Waals surface area contributed by atoms with Gasteiger partial charge in [0.25, 0.3) is 0 Å². The van der Waals surface area contributed by atoms with Gasteiger partial charge in [-0.25, -0.2) is 4.79 Å². The van der Waals surface area contributed by atoms with Crippen LogP contribution in [0.25, 0.3) is 0 Å². The third kappa shape index (κ3) is 4.01. The number of likely N-dealkylation sites (tertiary alicyclic amines) is 1. The van der Waals surface area contributed by atoms with Gasteiger partial charge in [0.05, 0.1) is 0 Å². The van der Waals surface area contributed by atoms with E-state index in [0.29, 0.717) is 24.6 Å². The van der Waals surface area contributed by atoms with E-state index >= 15 is 0 Å². The quantitative estimate of drug-likeness (QED) is 0.659. The number of hydrogen-bond donors (Lipinski definition) is 2. The molecule has 2 N–H and O–H groups in total. The summed E-state index contributed by atoms with van der Waals surface area (Å²) in [7, 11) is 2.10. The monoisotopic (exact) mass is 212 g/mol. The second kappa shape index (κ2) is 5.88. The van der Waals surface area contributed by atoms with Gasteiger partial charge < -0.3 is 15.3 Å². The summed E-state index contributed by atoms with van der Waals surface area (Å²) in [6.45, 7) is 4.71. The maximum absolute atomic E-state index is 10.7. The van der Waals surface area contributed by atoms with Crippen molar-refractivity contribution in [3.8, 4) is 0 Å². The summed E-state index contributed by atoms with van der Waals surface area (Å²) in [6.07, 6.45) is 3.51. The lowest BCUT2D eigenvalue weighted by Gasteiger charge is -2.11. The molecule has 1 heterocycles. The van der Waals surface area contributed by atoms with E-state index in [4.69, 9.17) is 5.11 Å². The minimum absolute atomic E-state index is 0.494. The van der Waals surface area contributed by atoms with E-state index in [1.54, 1.807) is 6.08 Å².